The molecule has 0 spiro atoms. The number of amides is 1. The number of hydrogen-bond acceptors (Lipinski definition) is 2. The number of carbonyl (C=O) groups is 1. The van der Waals surface area contributed by atoms with Gasteiger partial charge in [-0.3, -0.25) is 4.79 Å². The van der Waals surface area contributed by atoms with Crippen LogP contribution >= 0.6 is 11.6 Å². The van der Waals surface area contributed by atoms with E-state index in [4.69, 9.17) is 17.3 Å². The lowest BCUT2D eigenvalue weighted by atomic mass is 10.1. The zero-order valence-electron chi connectivity index (χ0n) is 10.2. The molecule has 110 valence electrons. The van der Waals surface area contributed by atoms with Crippen LogP contribution in [0.3, 0.4) is 0 Å². The first-order valence-electron chi connectivity index (χ1n) is 5.51. The van der Waals surface area contributed by atoms with Crippen LogP contribution in [0.1, 0.15) is 10.4 Å². The Bertz CT molecular complexity index is 710. The van der Waals surface area contributed by atoms with Crippen molar-refractivity contribution < 1.29 is 22.4 Å². The molecular weight excluding hydrogens is 312 g/mol. The lowest BCUT2D eigenvalue weighted by Gasteiger charge is -2.10. The number of benzene rings is 2. The van der Waals surface area contributed by atoms with Crippen molar-refractivity contribution in [1.29, 1.82) is 0 Å². The molecule has 1 amide bonds. The minimum absolute atomic E-state index is 0.0355. The Morgan fingerprint density at radius 2 is 1.67 bits per heavy atom. The first-order valence-corrected chi connectivity index (χ1v) is 5.89. The minimum atomic E-state index is -1.72. The zero-order chi connectivity index (χ0) is 15.7. The van der Waals surface area contributed by atoms with Crippen LogP contribution in [-0.4, -0.2) is 5.91 Å². The molecule has 0 aromatic heterocycles. The third-order valence-corrected chi connectivity index (χ3v) is 3.05. The molecule has 0 radical (unpaired) electrons. The van der Waals surface area contributed by atoms with E-state index in [1.54, 1.807) is 5.32 Å². The lowest BCUT2D eigenvalue weighted by molar-refractivity contribution is 0.102. The first-order chi connectivity index (χ1) is 9.82. The molecule has 0 fully saturated rings. The third-order valence-electron chi connectivity index (χ3n) is 2.62. The summed E-state index contributed by atoms with van der Waals surface area (Å²) in [6, 6.07) is 4.06. The third kappa shape index (κ3) is 2.78. The van der Waals surface area contributed by atoms with E-state index in [0.717, 1.165) is 0 Å². The summed E-state index contributed by atoms with van der Waals surface area (Å²) in [5.74, 6) is -7.77. The van der Waals surface area contributed by atoms with Gasteiger partial charge in [0.25, 0.3) is 5.91 Å². The van der Waals surface area contributed by atoms with Gasteiger partial charge in [-0.05, 0) is 12.1 Å². The number of hydrogen-bond donors (Lipinski definition) is 2. The Morgan fingerprint density at radius 1 is 1.10 bits per heavy atom. The minimum Gasteiger partial charge on any atom is -0.398 e. The summed E-state index contributed by atoms with van der Waals surface area (Å²) in [4.78, 5) is 11.9. The van der Waals surface area contributed by atoms with Crippen LogP contribution in [-0.2, 0) is 0 Å². The molecule has 0 unspecified atom stereocenters. The largest absolute Gasteiger partial charge is 0.398 e. The van der Waals surface area contributed by atoms with E-state index in [9.17, 15) is 22.4 Å². The molecule has 0 saturated heterocycles. The highest BCUT2D eigenvalue weighted by molar-refractivity contribution is 6.36. The molecule has 21 heavy (non-hydrogen) atoms. The second kappa shape index (κ2) is 5.61. The van der Waals surface area contributed by atoms with Crippen LogP contribution in [0.5, 0.6) is 0 Å². The molecule has 3 N–H and O–H groups in total. The highest BCUT2D eigenvalue weighted by Gasteiger charge is 2.22. The van der Waals surface area contributed by atoms with Gasteiger partial charge >= 0.3 is 0 Å². The van der Waals surface area contributed by atoms with Crippen molar-refractivity contribution in [3.8, 4) is 0 Å². The summed E-state index contributed by atoms with van der Waals surface area (Å²) < 4.78 is 53.0. The van der Waals surface area contributed by atoms with Crippen LogP contribution in [0.25, 0.3) is 0 Å². The number of carbonyl (C=O) groups excluding carboxylic acids is 1. The predicted octanol–water partition coefficient (Wildman–Crippen LogP) is 3.73. The smallest absolute Gasteiger partial charge is 0.257 e. The quantitative estimate of drug-likeness (QED) is 0.503. The fourth-order valence-corrected chi connectivity index (χ4v) is 1.80. The van der Waals surface area contributed by atoms with Gasteiger partial charge in [-0.1, -0.05) is 17.7 Å². The number of rotatable bonds is 2. The van der Waals surface area contributed by atoms with Crippen molar-refractivity contribution >= 4 is 28.9 Å². The molecule has 0 bridgehead atoms. The Kier molecular flexibility index (Phi) is 4.04. The van der Waals surface area contributed by atoms with Crippen molar-refractivity contribution in [2.75, 3.05) is 11.1 Å². The van der Waals surface area contributed by atoms with E-state index in [2.05, 4.69) is 0 Å². The Hall–Kier alpha value is -2.28. The highest BCUT2D eigenvalue weighted by atomic mass is 35.5. The van der Waals surface area contributed by atoms with Crippen molar-refractivity contribution in [3.63, 3.8) is 0 Å². The van der Waals surface area contributed by atoms with E-state index in [1.807, 2.05) is 0 Å². The van der Waals surface area contributed by atoms with Gasteiger partial charge in [-0.15, -0.1) is 0 Å². The number of nitrogens with two attached hydrogens (primary N) is 1. The van der Waals surface area contributed by atoms with E-state index >= 15 is 0 Å². The summed E-state index contributed by atoms with van der Waals surface area (Å²) in [6.45, 7) is 0. The van der Waals surface area contributed by atoms with E-state index < -0.39 is 34.9 Å². The van der Waals surface area contributed by atoms with Gasteiger partial charge in [0.2, 0.25) is 0 Å². The maximum Gasteiger partial charge on any atom is 0.257 e. The van der Waals surface area contributed by atoms with E-state index in [1.165, 1.54) is 18.2 Å². The van der Waals surface area contributed by atoms with E-state index in [0.29, 0.717) is 0 Å². The van der Waals surface area contributed by atoms with Crippen molar-refractivity contribution in [2.24, 2.45) is 0 Å². The normalized spacial score (nSPS) is 10.5. The van der Waals surface area contributed by atoms with Gasteiger partial charge < -0.3 is 11.1 Å². The maximum atomic E-state index is 13.4. The van der Waals surface area contributed by atoms with Crippen LogP contribution in [0.4, 0.5) is 28.9 Å². The molecule has 8 heteroatoms. The molecule has 0 saturated carbocycles. The standard InChI is InChI=1S/C13H7ClF4N2O/c14-9-5(2-1-3-8(9)19)13(21)20-12-10(17)6(15)4-7(16)11(12)18/h1-4H,19H2,(H,20,21). The molecule has 2 aromatic rings. The van der Waals surface area contributed by atoms with E-state index in [-0.39, 0.29) is 22.3 Å². The molecule has 2 aromatic carbocycles. The molecule has 0 aliphatic carbocycles. The van der Waals surface area contributed by atoms with Gasteiger partial charge in [-0.25, -0.2) is 17.6 Å². The molecule has 0 heterocycles. The van der Waals surface area contributed by atoms with Gasteiger partial charge in [-0.2, -0.15) is 0 Å². The van der Waals surface area contributed by atoms with Crippen molar-refractivity contribution in [1.82, 2.24) is 0 Å². The summed E-state index contributed by atoms with van der Waals surface area (Å²) >= 11 is 5.77. The zero-order valence-corrected chi connectivity index (χ0v) is 10.9. The molecular formula is C13H7ClF4N2O. The monoisotopic (exact) mass is 318 g/mol. The van der Waals surface area contributed by atoms with Gasteiger partial charge in [0, 0.05) is 6.07 Å². The Labute approximate surface area is 121 Å². The molecule has 2 rings (SSSR count). The summed E-state index contributed by atoms with van der Waals surface area (Å²) in [6.07, 6.45) is 0. The number of halogens is 5. The van der Waals surface area contributed by atoms with Crippen LogP contribution in [0.2, 0.25) is 5.02 Å². The highest BCUT2D eigenvalue weighted by Crippen LogP contribution is 2.27. The number of nitrogens with one attached hydrogen (secondary N) is 1. The fourth-order valence-electron chi connectivity index (χ4n) is 1.59. The Morgan fingerprint density at radius 3 is 2.24 bits per heavy atom. The lowest BCUT2D eigenvalue weighted by Crippen LogP contribution is -2.16. The number of nitrogen functional groups attached to an aromatic ring is 1. The average Bonchev–Trinajstić information content (AvgIpc) is 2.44. The van der Waals surface area contributed by atoms with Crippen LogP contribution in [0, 0.1) is 23.3 Å². The van der Waals surface area contributed by atoms with Crippen molar-refractivity contribution in [3.05, 3.63) is 58.1 Å². The molecule has 0 aliphatic rings. The first kappa shape index (κ1) is 15.1. The maximum absolute atomic E-state index is 13.4. The summed E-state index contributed by atoms with van der Waals surface area (Å²) in [5.41, 5.74) is 4.11. The SMILES string of the molecule is Nc1cccc(C(=O)Nc2c(F)c(F)cc(F)c2F)c1Cl. The molecule has 3 nitrogen and oxygen atoms in total. The predicted molar refractivity (Wildman–Crippen MR) is 70.1 cm³/mol. The van der Waals surface area contributed by atoms with Crippen molar-refractivity contribution in [2.45, 2.75) is 0 Å². The van der Waals surface area contributed by atoms with Gasteiger partial charge in [0.05, 0.1) is 16.3 Å². The van der Waals surface area contributed by atoms with Gasteiger partial charge in [0.1, 0.15) is 5.69 Å². The van der Waals surface area contributed by atoms with Crippen LogP contribution in [0.15, 0.2) is 24.3 Å². The summed E-state index contributed by atoms with van der Waals surface area (Å²) in [7, 11) is 0. The van der Waals surface area contributed by atoms with Crippen LogP contribution < -0.4 is 11.1 Å². The van der Waals surface area contributed by atoms with Gasteiger partial charge in [0.15, 0.2) is 23.3 Å². The average molecular weight is 319 g/mol. The summed E-state index contributed by atoms with van der Waals surface area (Å²) in [5, 5.41) is 1.59. The second-order valence-corrected chi connectivity index (χ2v) is 4.38. The second-order valence-electron chi connectivity index (χ2n) is 4.01. The Balaban J connectivity index is 2.43. The fraction of sp³-hybridized carbons (Fsp3) is 0. The number of anilines is 2. The molecule has 0 atom stereocenters. The topological polar surface area (TPSA) is 55.1 Å². The molecule has 0 aliphatic heterocycles.